The molecular formula is C26H37NO3. The molecule has 3 aliphatic rings. The van der Waals surface area contributed by atoms with E-state index in [1.807, 2.05) is 0 Å². The van der Waals surface area contributed by atoms with Crippen molar-refractivity contribution < 1.29 is 14.4 Å². The largest absolute Gasteiger partial charge is 0.457 e. The number of rotatable bonds is 4. The lowest BCUT2D eigenvalue weighted by Gasteiger charge is -2.44. The van der Waals surface area contributed by atoms with Gasteiger partial charge in [-0.15, -0.1) is 0 Å². The Balaban J connectivity index is 1.50. The number of ether oxygens (including phenoxy) is 1. The molecule has 0 amide bonds. The third kappa shape index (κ3) is 4.43. The number of esters is 1. The molecule has 0 bridgehead atoms. The molecule has 0 N–H and O–H groups in total. The van der Waals surface area contributed by atoms with Crippen molar-refractivity contribution in [3.63, 3.8) is 0 Å². The van der Waals surface area contributed by atoms with Gasteiger partial charge in [0.2, 0.25) is 0 Å². The Labute approximate surface area is 181 Å². The highest BCUT2D eigenvalue weighted by molar-refractivity contribution is 6.37. The van der Waals surface area contributed by atoms with Crippen molar-refractivity contribution in [2.45, 2.75) is 96.2 Å². The van der Waals surface area contributed by atoms with E-state index in [0.717, 1.165) is 38.5 Å². The molecule has 5 atom stereocenters. The van der Waals surface area contributed by atoms with Crippen molar-refractivity contribution in [2.24, 2.45) is 22.9 Å². The second-order valence-corrected chi connectivity index (χ2v) is 10.3. The van der Waals surface area contributed by atoms with E-state index in [0.29, 0.717) is 17.5 Å². The quantitative estimate of drug-likeness (QED) is 0.568. The van der Waals surface area contributed by atoms with Gasteiger partial charge in [0.1, 0.15) is 12.2 Å². The Kier molecular flexibility index (Phi) is 6.50. The van der Waals surface area contributed by atoms with Crippen LogP contribution in [0.4, 0.5) is 0 Å². The summed E-state index contributed by atoms with van der Waals surface area (Å²) >= 11 is 0. The lowest BCUT2D eigenvalue weighted by molar-refractivity contribution is -0.148. The van der Waals surface area contributed by atoms with Crippen molar-refractivity contribution in [3.05, 3.63) is 35.9 Å². The Morgan fingerprint density at radius 3 is 2.53 bits per heavy atom. The fourth-order valence-corrected chi connectivity index (χ4v) is 5.83. The zero-order valence-corrected chi connectivity index (χ0v) is 18.8. The summed E-state index contributed by atoms with van der Waals surface area (Å²) in [5, 5.41) is 4.24. The molecule has 2 fully saturated rings. The first-order valence-electron chi connectivity index (χ1n) is 12.0. The monoisotopic (exact) mass is 411 g/mol. The third-order valence-electron chi connectivity index (χ3n) is 7.81. The van der Waals surface area contributed by atoms with Crippen LogP contribution in [0.3, 0.4) is 0 Å². The highest BCUT2D eigenvalue weighted by atomic mass is 16.6. The summed E-state index contributed by atoms with van der Waals surface area (Å²) in [7, 11) is 0. The van der Waals surface area contributed by atoms with Gasteiger partial charge in [-0.3, -0.25) is 0 Å². The van der Waals surface area contributed by atoms with Gasteiger partial charge in [0.05, 0.1) is 5.92 Å². The van der Waals surface area contributed by atoms with Gasteiger partial charge in [-0.2, -0.15) is 0 Å². The first-order chi connectivity index (χ1) is 14.5. The maximum atomic E-state index is 13.2. The number of carbonyl (C=O) groups excluding carboxylic acids is 1. The molecule has 0 radical (unpaired) electrons. The average molecular weight is 412 g/mol. The molecule has 1 aromatic carbocycles. The second-order valence-electron chi connectivity index (χ2n) is 10.3. The molecule has 1 aliphatic heterocycles. The van der Waals surface area contributed by atoms with Gasteiger partial charge in [-0.05, 0) is 49.0 Å². The maximum Gasteiger partial charge on any atom is 0.356 e. The number of nitrogens with zero attached hydrogens (tertiary/aromatic N) is 1. The van der Waals surface area contributed by atoms with Crippen LogP contribution < -0.4 is 0 Å². The number of carbonyl (C=O) groups is 1. The topological polar surface area (TPSA) is 47.9 Å². The van der Waals surface area contributed by atoms with Crippen molar-refractivity contribution in [2.75, 3.05) is 0 Å². The lowest BCUT2D eigenvalue weighted by atomic mass is 9.64. The molecule has 2 saturated carbocycles. The lowest BCUT2D eigenvalue weighted by Crippen LogP contribution is -2.45. The van der Waals surface area contributed by atoms with E-state index in [-0.39, 0.29) is 29.5 Å². The van der Waals surface area contributed by atoms with Crippen LogP contribution in [0.5, 0.6) is 0 Å². The molecule has 1 heterocycles. The molecule has 4 nitrogen and oxygen atoms in total. The van der Waals surface area contributed by atoms with Crippen molar-refractivity contribution in [1.29, 1.82) is 0 Å². The molecule has 164 valence electrons. The molecule has 1 aromatic rings. The number of oxime groups is 1. The van der Waals surface area contributed by atoms with E-state index in [1.54, 1.807) is 0 Å². The molecule has 0 aromatic heterocycles. The third-order valence-corrected chi connectivity index (χ3v) is 7.81. The number of hydrogen-bond acceptors (Lipinski definition) is 4. The van der Waals surface area contributed by atoms with Crippen molar-refractivity contribution >= 4 is 11.7 Å². The molecule has 0 saturated heterocycles. The van der Waals surface area contributed by atoms with E-state index in [4.69, 9.17) is 9.57 Å². The summed E-state index contributed by atoms with van der Waals surface area (Å²) in [5.41, 5.74) is 1.80. The van der Waals surface area contributed by atoms with E-state index in [1.165, 1.54) is 24.8 Å². The van der Waals surface area contributed by atoms with Crippen LogP contribution in [0.25, 0.3) is 0 Å². The van der Waals surface area contributed by atoms with Gasteiger partial charge in [0, 0.05) is 5.92 Å². The SMILES string of the molecule is C[C@@H]1CC[C@@H](C(C)(C)c2ccccc2)[C@H](OC(=O)C2=NO[C@@H]3CCCCCC[C@H]23)C1. The fourth-order valence-electron chi connectivity index (χ4n) is 5.83. The summed E-state index contributed by atoms with van der Waals surface area (Å²) in [6.45, 7) is 6.86. The van der Waals surface area contributed by atoms with Gasteiger partial charge in [0.15, 0.2) is 5.71 Å². The zero-order chi connectivity index (χ0) is 21.1. The predicted octanol–water partition coefficient (Wildman–Crippen LogP) is 6.04. The summed E-state index contributed by atoms with van der Waals surface area (Å²) in [6, 6.07) is 10.7. The van der Waals surface area contributed by atoms with Gasteiger partial charge in [-0.1, -0.05) is 81.9 Å². The molecule has 0 unspecified atom stereocenters. The van der Waals surface area contributed by atoms with Crippen LogP contribution >= 0.6 is 0 Å². The predicted molar refractivity (Wildman–Crippen MR) is 119 cm³/mol. The van der Waals surface area contributed by atoms with E-state index >= 15 is 0 Å². The highest BCUT2D eigenvalue weighted by Gasteiger charge is 2.44. The van der Waals surface area contributed by atoms with E-state index in [2.05, 4.69) is 56.3 Å². The number of hydrogen-bond donors (Lipinski definition) is 0. The average Bonchev–Trinajstić information content (AvgIpc) is 3.10. The highest BCUT2D eigenvalue weighted by Crippen LogP contribution is 2.44. The van der Waals surface area contributed by atoms with Gasteiger partial charge < -0.3 is 9.57 Å². The minimum atomic E-state index is -0.240. The Bertz CT molecular complexity index is 757. The molecule has 2 aliphatic carbocycles. The second kappa shape index (κ2) is 9.11. The summed E-state index contributed by atoms with van der Waals surface area (Å²) < 4.78 is 6.24. The van der Waals surface area contributed by atoms with Crippen molar-refractivity contribution in [1.82, 2.24) is 0 Å². The molecular weight excluding hydrogens is 374 g/mol. The maximum absolute atomic E-state index is 13.2. The van der Waals surface area contributed by atoms with Gasteiger partial charge >= 0.3 is 5.97 Å². The summed E-state index contributed by atoms with van der Waals surface area (Å²) in [4.78, 5) is 18.9. The first-order valence-corrected chi connectivity index (χ1v) is 12.0. The van der Waals surface area contributed by atoms with Crippen molar-refractivity contribution in [3.8, 4) is 0 Å². The minimum absolute atomic E-state index is 0.0525. The van der Waals surface area contributed by atoms with E-state index in [9.17, 15) is 4.79 Å². The Hall–Kier alpha value is -1.84. The van der Waals surface area contributed by atoms with Crippen LogP contribution in [0.1, 0.15) is 84.1 Å². The smallest absolute Gasteiger partial charge is 0.356 e. The Morgan fingerprint density at radius 2 is 1.77 bits per heavy atom. The standard InChI is InChI=1S/C26H37NO3/c1-18-15-16-21(26(2,3)19-11-7-6-8-12-19)23(17-18)29-25(28)24-20-13-9-4-5-10-14-22(20)30-27-24/h6-8,11-12,18,20-23H,4-5,9-10,13-17H2,1-3H3/t18-,20+,21-,22-,23-/m1/s1. The fraction of sp³-hybridized carbons (Fsp3) is 0.692. The van der Waals surface area contributed by atoms with Crippen LogP contribution in [-0.2, 0) is 19.8 Å². The van der Waals surface area contributed by atoms with Crippen LogP contribution in [-0.4, -0.2) is 23.9 Å². The van der Waals surface area contributed by atoms with Crippen LogP contribution in [0, 0.1) is 17.8 Å². The van der Waals surface area contributed by atoms with Crippen LogP contribution in [0.15, 0.2) is 35.5 Å². The number of fused-ring (bicyclic) bond motifs is 1. The first kappa shape index (κ1) is 21.4. The van der Waals surface area contributed by atoms with Gasteiger partial charge in [0.25, 0.3) is 0 Å². The molecule has 4 rings (SSSR count). The zero-order valence-electron chi connectivity index (χ0n) is 18.8. The normalized spacial score (nSPS) is 32.2. The molecule has 30 heavy (non-hydrogen) atoms. The van der Waals surface area contributed by atoms with Crippen LogP contribution in [0.2, 0.25) is 0 Å². The number of benzene rings is 1. The van der Waals surface area contributed by atoms with Gasteiger partial charge in [-0.25, -0.2) is 4.79 Å². The minimum Gasteiger partial charge on any atom is -0.457 e. The van der Waals surface area contributed by atoms with E-state index < -0.39 is 0 Å². The summed E-state index contributed by atoms with van der Waals surface area (Å²) in [5.74, 6) is 0.744. The molecule has 0 spiro atoms. The Morgan fingerprint density at radius 1 is 1.03 bits per heavy atom. The summed E-state index contributed by atoms with van der Waals surface area (Å²) in [6.07, 6.45) is 9.94. The molecule has 4 heteroatoms.